The monoisotopic (exact) mass is 358 g/mol. The van der Waals surface area contributed by atoms with E-state index in [1.807, 2.05) is 6.07 Å². The molecule has 1 aliphatic heterocycles. The lowest BCUT2D eigenvalue weighted by Crippen LogP contribution is -2.43. The Hall–Kier alpha value is -2.44. The maximum absolute atomic E-state index is 13.5. The Morgan fingerprint density at radius 2 is 2.12 bits per heavy atom. The van der Waals surface area contributed by atoms with Gasteiger partial charge in [0, 0.05) is 32.0 Å². The largest absolute Gasteiger partial charge is 0.356 e. The summed E-state index contributed by atoms with van der Waals surface area (Å²) in [4.78, 5) is 4.28. The molecule has 0 atom stereocenters. The molecule has 0 unspecified atom stereocenters. The van der Waals surface area contributed by atoms with Crippen molar-refractivity contribution in [3.8, 4) is 0 Å². The van der Waals surface area contributed by atoms with Crippen molar-refractivity contribution >= 4 is 5.96 Å². The summed E-state index contributed by atoms with van der Waals surface area (Å²) in [5.74, 6) is 2.49. The number of nitrogens with one attached hydrogen (secondary N) is 2. The van der Waals surface area contributed by atoms with Crippen molar-refractivity contribution in [3.05, 3.63) is 47.3 Å². The van der Waals surface area contributed by atoms with E-state index in [-0.39, 0.29) is 11.2 Å². The molecule has 0 radical (unpaired) electrons. The van der Waals surface area contributed by atoms with E-state index < -0.39 is 0 Å². The number of nitrogens with zero attached hydrogens (tertiary/aromatic N) is 4. The number of aromatic nitrogens is 3. The maximum Gasteiger partial charge on any atom is 0.191 e. The van der Waals surface area contributed by atoms with Crippen LogP contribution in [-0.4, -0.2) is 34.3 Å². The van der Waals surface area contributed by atoms with Gasteiger partial charge in [0.1, 0.15) is 11.6 Å². The van der Waals surface area contributed by atoms with Gasteiger partial charge in [-0.1, -0.05) is 26.0 Å². The van der Waals surface area contributed by atoms with E-state index in [1.165, 1.54) is 18.9 Å². The van der Waals surface area contributed by atoms with Crippen molar-refractivity contribution in [2.75, 3.05) is 13.6 Å². The summed E-state index contributed by atoms with van der Waals surface area (Å²) in [7, 11) is 1.74. The molecule has 1 aromatic heterocycles. The van der Waals surface area contributed by atoms with E-state index in [1.54, 1.807) is 19.2 Å². The molecular formula is C19H27FN6. The number of guanidine groups is 1. The summed E-state index contributed by atoms with van der Waals surface area (Å²) >= 11 is 0. The average molecular weight is 358 g/mol. The Morgan fingerprint density at radius 3 is 2.88 bits per heavy atom. The highest BCUT2D eigenvalue weighted by Crippen LogP contribution is 2.22. The quantitative estimate of drug-likeness (QED) is 0.636. The van der Waals surface area contributed by atoms with Crippen LogP contribution < -0.4 is 10.6 Å². The molecule has 2 aromatic rings. The number of halogens is 1. The first-order valence-corrected chi connectivity index (χ1v) is 9.11. The van der Waals surface area contributed by atoms with Gasteiger partial charge in [-0.15, -0.1) is 10.2 Å². The zero-order chi connectivity index (χ0) is 18.6. The van der Waals surface area contributed by atoms with Crippen LogP contribution in [0.1, 0.15) is 43.9 Å². The Balaban J connectivity index is 1.57. The van der Waals surface area contributed by atoms with E-state index in [0.717, 1.165) is 30.2 Å². The molecule has 2 N–H and O–H groups in total. The highest BCUT2D eigenvalue weighted by molar-refractivity contribution is 5.79. The van der Waals surface area contributed by atoms with E-state index in [4.69, 9.17) is 0 Å². The van der Waals surface area contributed by atoms with E-state index in [0.29, 0.717) is 19.0 Å². The number of rotatable bonds is 5. The fourth-order valence-electron chi connectivity index (χ4n) is 3.20. The first kappa shape index (κ1) is 18.4. The third-order valence-electron chi connectivity index (χ3n) is 4.88. The molecule has 0 saturated carbocycles. The number of hydrogen-bond acceptors (Lipinski definition) is 3. The predicted octanol–water partition coefficient (Wildman–Crippen LogP) is 2.40. The van der Waals surface area contributed by atoms with Crippen molar-refractivity contribution in [2.24, 2.45) is 4.99 Å². The second-order valence-electron chi connectivity index (χ2n) is 7.31. The normalized spacial score (nSPS) is 14.8. The molecule has 0 bridgehead atoms. The van der Waals surface area contributed by atoms with Crippen molar-refractivity contribution in [1.29, 1.82) is 0 Å². The molecule has 0 saturated heterocycles. The smallest absolute Gasteiger partial charge is 0.191 e. The van der Waals surface area contributed by atoms with E-state index in [2.05, 4.69) is 44.2 Å². The standard InChI is InChI=1S/C19H27FN6/c1-19(2,14-7-6-8-15(20)11-14)13-23-18(21-3)22-12-17-25-24-16-9-4-5-10-26(16)17/h6-8,11H,4-5,9-10,12-13H2,1-3H3,(H2,21,22,23). The van der Waals surface area contributed by atoms with Crippen LogP contribution >= 0.6 is 0 Å². The molecule has 1 aromatic carbocycles. The van der Waals surface area contributed by atoms with Gasteiger partial charge in [0.25, 0.3) is 0 Å². The fraction of sp³-hybridized carbons (Fsp3) is 0.526. The van der Waals surface area contributed by atoms with Gasteiger partial charge in [-0.2, -0.15) is 0 Å². The second-order valence-corrected chi connectivity index (χ2v) is 7.31. The van der Waals surface area contributed by atoms with Crippen LogP contribution in [0, 0.1) is 5.82 Å². The molecule has 6 nitrogen and oxygen atoms in total. The topological polar surface area (TPSA) is 67.1 Å². The highest BCUT2D eigenvalue weighted by atomic mass is 19.1. The number of benzene rings is 1. The number of aliphatic imine (C=N–C) groups is 1. The van der Waals surface area contributed by atoms with Gasteiger partial charge in [0.05, 0.1) is 6.54 Å². The van der Waals surface area contributed by atoms with E-state index in [9.17, 15) is 4.39 Å². The summed E-state index contributed by atoms with van der Waals surface area (Å²) in [6.07, 6.45) is 3.36. The summed E-state index contributed by atoms with van der Waals surface area (Å²) in [5.41, 5.74) is 0.722. The zero-order valence-electron chi connectivity index (χ0n) is 15.7. The van der Waals surface area contributed by atoms with Crippen molar-refractivity contribution in [1.82, 2.24) is 25.4 Å². The minimum absolute atomic E-state index is 0.213. The fourth-order valence-corrected chi connectivity index (χ4v) is 3.20. The van der Waals surface area contributed by atoms with Crippen molar-refractivity contribution in [3.63, 3.8) is 0 Å². The third-order valence-corrected chi connectivity index (χ3v) is 4.88. The maximum atomic E-state index is 13.5. The summed E-state index contributed by atoms with van der Waals surface area (Å²) in [6.45, 7) is 6.35. The van der Waals surface area contributed by atoms with Crippen LogP contribution in [0.4, 0.5) is 4.39 Å². The lowest BCUT2D eigenvalue weighted by Gasteiger charge is -2.27. The molecule has 1 aliphatic rings. The first-order valence-electron chi connectivity index (χ1n) is 9.11. The van der Waals surface area contributed by atoms with Crippen molar-refractivity contribution < 1.29 is 4.39 Å². The molecule has 0 spiro atoms. The molecule has 0 fully saturated rings. The second kappa shape index (κ2) is 7.85. The Morgan fingerprint density at radius 1 is 1.27 bits per heavy atom. The van der Waals surface area contributed by atoms with Gasteiger partial charge in [-0.3, -0.25) is 4.99 Å². The SMILES string of the molecule is CN=C(NCc1nnc2n1CCCC2)NCC(C)(C)c1cccc(F)c1. The number of aryl methyl sites for hydroxylation is 1. The Kier molecular flexibility index (Phi) is 5.54. The van der Waals surface area contributed by atoms with Crippen molar-refractivity contribution in [2.45, 2.75) is 51.6 Å². The van der Waals surface area contributed by atoms with Crippen LogP contribution in [0.25, 0.3) is 0 Å². The molecule has 0 aliphatic carbocycles. The minimum Gasteiger partial charge on any atom is -0.356 e. The van der Waals surface area contributed by atoms with Gasteiger partial charge in [-0.25, -0.2) is 4.39 Å². The summed E-state index contributed by atoms with van der Waals surface area (Å²) < 4.78 is 15.7. The lowest BCUT2D eigenvalue weighted by atomic mass is 9.84. The molecule has 3 rings (SSSR count). The van der Waals surface area contributed by atoms with Crippen LogP contribution in [0.15, 0.2) is 29.3 Å². The van der Waals surface area contributed by atoms with E-state index >= 15 is 0 Å². The molecule has 2 heterocycles. The third kappa shape index (κ3) is 4.20. The van der Waals surface area contributed by atoms with Crippen LogP contribution in [-0.2, 0) is 24.9 Å². The lowest BCUT2D eigenvalue weighted by molar-refractivity contribution is 0.496. The average Bonchev–Trinajstić information content (AvgIpc) is 3.05. The summed E-state index contributed by atoms with van der Waals surface area (Å²) in [6, 6.07) is 6.74. The first-order chi connectivity index (χ1) is 12.5. The Bertz CT molecular complexity index is 780. The van der Waals surface area contributed by atoms with Crippen LogP contribution in [0.3, 0.4) is 0 Å². The molecule has 140 valence electrons. The van der Waals surface area contributed by atoms with Crippen LogP contribution in [0.2, 0.25) is 0 Å². The van der Waals surface area contributed by atoms with Crippen LogP contribution in [0.5, 0.6) is 0 Å². The van der Waals surface area contributed by atoms with Gasteiger partial charge in [0.15, 0.2) is 11.8 Å². The molecule has 7 heteroatoms. The molecule has 26 heavy (non-hydrogen) atoms. The summed E-state index contributed by atoms with van der Waals surface area (Å²) in [5, 5.41) is 15.2. The van der Waals surface area contributed by atoms with Gasteiger partial charge in [0.2, 0.25) is 0 Å². The number of hydrogen-bond donors (Lipinski definition) is 2. The molecule has 0 amide bonds. The number of fused-ring (bicyclic) bond motifs is 1. The van der Waals surface area contributed by atoms with Gasteiger partial charge >= 0.3 is 0 Å². The Labute approximate surface area is 153 Å². The molecular weight excluding hydrogens is 331 g/mol. The van der Waals surface area contributed by atoms with Gasteiger partial charge < -0.3 is 15.2 Å². The predicted molar refractivity (Wildman–Crippen MR) is 101 cm³/mol. The van der Waals surface area contributed by atoms with Gasteiger partial charge in [-0.05, 0) is 30.5 Å². The highest BCUT2D eigenvalue weighted by Gasteiger charge is 2.22. The zero-order valence-corrected chi connectivity index (χ0v) is 15.7. The minimum atomic E-state index is -0.228.